The van der Waals surface area contributed by atoms with Crippen molar-refractivity contribution in [2.24, 2.45) is 0 Å². The molecule has 0 amide bonds. The number of nitrogens with zero attached hydrogens (tertiary/aromatic N) is 10. The van der Waals surface area contributed by atoms with Crippen LogP contribution in [0.2, 0.25) is 0 Å². The molecule has 0 saturated heterocycles. The molecular weight excluding hydrogens is 1270 g/mol. The van der Waals surface area contributed by atoms with Gasteiger partial charge in [-0.2, -0.15) is 0 Å². The summed E-state index contributed by atoms with van der Waals surface area (Å²) in [6.07, 6.45) is 20.9. The van der Waals surface area contributed by atoms with Crippen molar-refractivity contribution < 1.29 is 93.1 Å². The average molecular weight is 1320 g/mol. The van der Waals surface area contributed by atoms with Gasteiger partial charge in [0.25, 0.3) is 56.9 Å². The van der Waals surface area contributed by atoms with E-state index in [1.165, 1.54) is 0 Å². The summed E-state index contributed by atoms with van der Waals surface area (Å²) in [7, 11) is 0. The fourth-order valence-corrected chi connectivity index (χ4v) is 17.1. The third-order valence-electron chi connectivity index (χ3n) is 21.6. The number of ether oxygens (including phenoxy) is 10. The molecule has 16 aliphatic rings. The Kier molecular flexibility index (Phi) is 8.60. The van der Waals surface area contributed by atoms with Gasteiger partial charge in [-0.15, -0.1) is 0 Å². The molecule has 16 aliphatic heterocycles. The zero-order chi connectivity index (χ0) is 65.2. The van der Waals surface area contributed by atoms with Gasteiger partial charge in [0.05, 0.1) is 67.8 Å². The van der Waals surface area contributed by atoms with Crippen molar-refractivity contribution in [1.29, 1.82) is 0 Å². The summed E-state index contributed by atoms with van der Waals surface area (Å²) in [5.41, 5.74) is 18.1. The van der Waals surface area contributed by atoms with E-state index in [9.17, 15) is 0 Å². The molecule has 11 aromatic carbocycles. The molecule has 0 radical (unpaired) electrons. The van der Waals surface area contributed by atoms with Crippen LogP contribution in [-0.2, 0) is 0 Å². The van der Waals surface area contributed by atoms with E-state index in [0.29, 0.717) is 34.5 Å². The number of para-hydroxylation sites is 10. The van der Waals surface area contributed by atoms with Crippen LogP contribution < -0.4 is 47.4 Å². The van der Waals surface area contributed by atoms with Gasteiger partial charge in [-0.1, -0.05) is 84.9 Å². The predicted octanol–water partition coefficient (Wildman–Crippen LogP) is 11.4. The van der Waals surface area contributed by atoms with E-state index in [1.807, 2.05) is 137 Å². The van der Waals surface area contributed by atoms with Crippen molar-refractivity contribution in [2.45, 2.75) is 30.2 Å². The highest BCUT2D eigenvalue weighted by Gasteiger charge is 2.81. The highest BCUT2D eigenvalue weighted by molar-refractivity contribution is 5.97. The van der Waals surface area contributed by atoms with Crippen LogP contribution in [0.3, 0.4) is 0 Å². The lowest BCUT2D eigenvalue weighted by Crippen LogP contribution is -2.60. The number of benzene rings is 11. The van der Waals surface area contributed by atoms with Crippen LogP contribution in [0.15, 0.2) is 218 Å². The normalized spacial score (nSPS) is 22.5. The van der Waals surface area contributed by atoms with Gasteiger partial charge in [-0.25, -0.2) is 0 Å². The summed E-state index contributed by atoms with van der Waals surface area (Å²) < 4.78 is 91.9. The average Bonchev–Trinajstić information content (AvgIpc) is 1.55. The molecule has 0 aromatic heterocycles. The molecule has 0 atom stereocenters. The molecule has 0 fully saturated rings. The van der Waals surface area contributed by atoms with Gasteiger partial charge < -0.3 is 47.4 Å². The Labute approximate surface area is 571 Å². The number of fused-ring (bicyclic) bond motifs is 19. The highest BCUT2D eigenvalue weighted by atomic mass is 16.8. The molecule has 0 unspecified atom stereocenters. The minimum atomic E-state index is -1.52. The third kappa shape index (κ3) is 5.95. The van der Waals surface area contributed by atoms with Crippen LogP contribution in [0, 0.1) is 0 Å². The second-order valence-corrected chi connectivity index (χ2v) is 26.9. The Morgan fingerprint density at radius 2 is 0.327 bits per heavy atom. The number of hydrogen-bond acceptors (Lipinski definition) is 10. The minimum Gasteiger partial charge on any atom is -0.340 e. The molecular formula is C81H46N10O10+10. The maximum Gasteiger partial charge on any atom is 0.715 e. The third-order valence-corrected chi connectivity index (χ3v) is 21.6. The molecule has 101 heavy (non-hydrogen) atoms. The van der Waals surface area contributed by atoms with Crippen LogP contribution in [-0.4, -0.2) is 138 Å². The van der Waals surface area contributed by atoms with Crippen LogP contribution >= 0.6 is 0 Å². The fourth-order valence-electron chi connectivity index (χ4n) is 17.1. The molecule has 470 valence electrons. The quantitative estimate of drug-likeness (QED) is 0.136. The first kappa shape index (κ1) is 51.4. The van der Waals surface area contributed by atoms with Gasteiger partial charge in [0.2, 0.25) is 0 Å². The summed E-state index contributed by atoms with van der Waals surface area (Å²) in [4.78, 5) is 0. The minimum absolute atomic E-state index is 0.518. The van der Waals surface area contributed by atoms with Gasteiger partial charge >= 0.3 is 30.2 Å². The standard InChI is InChI=1S/C45H24N6O6.C36H22N4O4/c1-2-8-32-31(7-1)46-19-25-13-14-27-21-48-33-9-3-5-11-35(33)50-23-29-17-18-30-24-51-36-12-6-4-10-34(36)49-22-28-16-15-26-20-47(32)43(46)52-37(25)39(27)54-44(48,50)56-41(29)42(30)57-45(49,51)55-40(28)38(26)53-43;1-5-13-31-23(9-1)19-37-27-17-29-30(18-28(27)38-20-24-10-2-6-14-32(24)42-35(37,38)41-31)40-22-26-12-4-8-16-34(26)44-36(40)39(29)21-25-11-3-7-15-33(25)43-36/h1-24H;1-22H/q+6;+4. The Balaban J connectivity index is 0.000000121. The summed E-state index contributed by atoms with van der Waals surface area (Å²) in [5, 5.41) is 0. The van der Waals surface area contributed by atoms with E-state index in [0.717, 1.165) is 136 Å². The van der Waals surface area contributed by atoms with Crippen molar-refractivity contribution in [2.75, 3.05) is 0 Å². The van der Waals surface area contributed by atoms with Gasteiger partial charge in [0.1, 0.15) is 0 Å². The summed E-state index contributed by atoms with van der Waals surface area (Å²) >= 11 is 0. The molecule has 5 spiro atoms. The van der Waals surface area contributed by atoms with Gasteiger partial charge in [0.15, 0.2) is 120 Å². The van der Waals surface area contributed by atoms with Crippen LogP contribution in [0.5, 0.6) is 57.5 Å². The molecule has 20 heteroatoms. The maximum absolute atomic E-state index is 7.35. The monoisotopic (exact) mass is 1320 g/mol. The number of hydrogen-bond donors (Lipinski definition) is 0. The van der Waals surface area contributed by atoms with E-state index in [2.05, 4.69) is 190 Å². The van der Waals surface area contributed by atoms with Crippen molar-refractivity contribution in [1.82, 2.24) is 0 Å². The first-order chi connectivity index (χ1) is 49.8. The smallest absolute Gasteiger partial charge is 0.340 e. The summed E-state index contributed by atoms with van der Waals surface area (Å²) in [5.74, 6) is 6.12. The Morgan fingerprint density at radius 1 is 0.158 bits per heavy atom. The van der Waals surface area contributed by atoms with Crippen LogP contribution in [0.25, 0.3) is 0 Å². The molecule has 0 N–H and O–H groups in total. The lowest BCUT2D eigenvalue weighted by Gasteiger charge is -2.30. The zero-order valence-corrected chi connectivity index (χ0v) is 52.6. The van der Waals surface area contributed by atoms with Crippen LogP contribution in [0.1, 0.15) is 55.6 Å². The largest absolute Gasteiger partial charge is 0.715 e. The summed E-state index contributed by atoms with van der Waals surface area (Å²) in [6.45, 7) is 0. The van der Waals surface area contributed by atoms with E-state index < -0.39 is 30.2 Å². The predicted molar refractivity (Wildman–Crippen MR) is 362 cm³/mol. The molecule has 20 nitrogen and oxygen atoms in total. The van der Waals surface area contributed by atoms with Gasteiger partial charge in [0, 0.05) is 36.4 Å². The molecule has 9 bridgehead atoms. The van der Waals surface area contributed by atoms with Crippen molar-refractivity contribution in [3.05, 3.63) is 274 Å². The van der Waals surface area contributed by atoms with Crippen molar-refractivity contribution in [3.8, 4) is 57.5 Å². The van der Waals surface area contributed by atoms with E-state index >= 15 is 0 Å². The van der Waals surface area contributed by atoms with E-state index in [1.54, 1.807) is 0 Å². The van der Waals surface area contributed by atoms with Crippen molar-refractivity contribution in [3.63, 3.8) is 0 Å². The Bertz CT molecular complexity index is 5520. The highest BCUT2D eigenvalue weighted by Crippen LogP contribution is 2.61. The molecule has 0 saturated carbocycles. The van der Waals surface area contributed by atoms with Crippen LogP contribution in [0.4, 0.5) is 56.9 Å². The second-order valence-electron chi connectivity index (χ2n) is 26.9. The molecule has 11 aromatic rings. The molecule has 27 rings (SSSR count). The van der Waals surface area contributed by atoms with E-state index in [4.69, 9.17) is 47.4 Å². The lowest BCUT2D eigenvalue weighted by atomic mass is 10.1. The number of rotatable bonds is 0. The molecule has 0 aliphatic carbocycles. The molecule has 16 heterocycles. The topological polar surface area (TPSA) is 122 Å². The first-order valence-corrected chi connectivity index (χ1v) is 33.5. The van der Waals surface area contributed by atoms with Gasteiger partial charge in [-0.3, -0.25) is 0 Å². The Morgan fingerprint density at radius 3 is 0.545 bits per heavy atom. The summed E-state index contributed by atoms with van der Waals surface area (Å²) in [6, 6.07) is 66.3. The maximum atomic E-state index is 7.35. The SMILES string of the molecule is C1=[N+]2c3cc4c(cc3[N+]3=Cc5ccccc5OC23Oc2ccccc21)[N+]1=Cc2ccccc2OC12Oc1ccccc1C=[N+]42.C1=[N+]2c3ccccc3[N+]3=Cc4ccc5c6c4OC23Oc2c1ccc1c2OC23Oc4c(ccc7c4OC4(O6)[N+](=C5)c5ccccc5[N+]4=C7)C=[N+]2c2ccccc2[N+]3=C1. The van der Waals surface area contributed by atoms with Gasteiger partial charge in [-0.05, 0) is 131 Å². The first-order valence-electron chi connectivity index (χ1n) is 33.5. The fraction of sp³-hybridized carbons (Fsp3) is 0.0617. The zero-order valence-electron chi connectivity index (χ0n) is 52.6. The van der Waals surface area contributed by atoms with E-state index in [-0.39, 0.29) is 0 Å². The lowest BCUT2D eigenvalue weighted by molar-refractivity contribution is -0.835. The second kappa shape index (κ2) is 16.9. The van der Waals surface area contributed by atoms with Crippen molar-refractivity contribution >= 4 is 119 Å². The Hall–Kier alpha value is -13.9.